The van der Waals surface area contributed by atoms with Gasteiger partial charge in [-0.25, -0.2) is 0 Å². The number of anilines is 2. The molecule has 0 spiro atoms. The Morgan fingerprint density at radius 3 is 2.45 bits per heavy atom. The zero-order chi connectivity index (χ0) is 15.8. The van der Waals surface area contributed by atoms with Gasteiger partial charge >= 0.3 is 0 Å². The van der Waals surface area contributed by atoms with Gasteiger partial charge in [0.15, 0.2) is 0 Å². The van der Waals surface area contributed by atoms with Gasteiger partial charge < -0.3 is 20.5 Å². The maximum Gasteiger partial charge on any atom is 0.138 e. The average molecular weight is 296 g/mol. The number of nitrogens with one attached hydrogen (secondary N) is 2. The zero-order valence-electron chi connectivity index (χ0n) is 12.4. The molecule has 2 aromatic rings. The molecule has 0 aliphatic heterocycles. The highest BCUT2D eigenvalue weighted by Gasteiger charge is 2.04. The highest BCUT2D eigenvalue weighted by Crippen LogP contribution is 2.31. The van der Waals surface area contributed by atoms with Crippen LogP contribution in [-0.2, 0) is 0 Å². The molecule has 0 aromatic heterocycles. The third-order valence-electron chi connectivity index (χ3n) is 2.93. The maximum absolute atomic E-state index is 9.80. The van der Waals surface area contributed by atoms with Crippen molar-refractivity contribution in [3.8, 4) is 17.2 Å². The van der Waals surface area contributed by atoms with Crippen LogP contribution in [0, 0.1) is 0 Å². The maximum atomic E-state index is 9.80. The number of ether oxygens (including phenoxy) is 1. The molecule has 114 valence electrons. The van der Waals surface area contributed by atoms with Crippen molar-refractivity contribution < 1.29 is 9.84 Å². The second kappa shape index (κ2) is 7.78. The fourth-order valence-corrected chi connectivity index (χ4v) is 1.90. The molecule has 0 radical (unpaired) electrons. The van der Waals surface area contributed by atoms with Gasteiger partial charge in [-0.15, -0.1) is 13.2 Å². The van der Waals surface area contributed by atoms with Crippen molar-refractivity contribution in [2.45, 2.75) is 0 Å². The third kappa shape index (κ3) is 4.31. The van der Waals surface area contributed by atoms with Crippen molar-refractivity contribution in [3.05, 3.63) is 67.8 Å². The van der Waals surface area contributed by atoms with E-state index in [2.05, 4.69) is 23.8 Å². The minimum absolute atomic E-state index is 0.176. The number of benzene rings is 2. The van der Waals surface area contributed by atoms with Gasteiger partial charge in [0.05, 0.1) is 5.69 Å². The van der Waals surface area contributed by atoms with Crippen LogP contribution >= 0.6 is 0 Å². The van der Waals surface area contributed by atoms with Crippen LogP contribution < -0.4 is 15.4 Å². The van der Waals surface area contributed by atoms with Gasteiger partial charge in [0, 0.05) is 30.9 Å². The van der Waals surface area contributed by atoms with Crippen LogP contribution in [0.25, 0.3) is 0 Å². The second-order valence-electron chi connectivity index (χ2n) is 4.65. The Balaban J connectivity index is 2.12. The van der Waals surface area contributed by atoms with E-state index in [1.165, 1.54) is 0 Å². The van der Waals surface area contributed by atoms with E-state index in [9.17, 15) is 5.11 Å². The number of rotatable bonds is 8. The topological polar surface area (TPSA) is 53.5 Å². The summed E-state index contributed by atoms with van der Waals surface area (Å²) in [6, 6.07) is 12.7. The van der Waals surface area contributed by atoms with Crippen molar-refractivity contribution in [2.75, 3.05) is 23.7 Å². The van der Waals surface area contributed by atoms with Crippen molar-refractivity contribution in [1.82, 2.24) is 0 Å². The van der Waals surface area contributed by atoms with Crippen LogP contribution in [0.3, 0.4) is 0 Å². The number of hydrogen-bond acceptors (Lipinski definition) is 4. The summed E-state index contributed by atoms with van der Waals surface area (Å²) in [7, 11) is 0. The van der Waals surface area contributed by atoms with Gasteiger partial charge in [-0.3, -0.25) is 0 Å². The first kappa shape index (κ1) is 15.5. The average Bonchev–Trinajstić information content (AvgIpc) is 2.54. The van der Waals surface area contributed by atoms with Crippen molar-refractivity contribution in [1.29, 1.82) is 0 Å². The predicted molar refractivity (Wildman–Crippen MR) is 92.0 cm³/mol. The molecule has 0 amide bonds. The summed E-state index contributed by atoms with van der Waals surface area (Å²) in [6.07, 6.45) is 3.52. The quantitative estimate of drug-likeness (QED) is 0.500. The van der Waals surface area contributed by atoms with Crippen LogP contribution in [0.15, 0.2) is 67.8 Å². The molecule has 2 aromatic carbocycles. The van der Waals surface area contributed by atoms with Crippen LogP contribution in [0.5, 0.6) is 17.2 Å². The Hall–Kier alpha value is -2.88. The van der Waals surface area contributed by atoms with Gasteiger partial charge in [0.1, 0.15) is 17.2 Å². The summed E-state index contributed by atoms with van der Waals surface area (Å²) in [5, 5.41) is 16.1. The van der Waals surface area contributed by atoms with Gasteiger partial charge in [-0.2, -0.15) is 0 Å². The molecule has 0 aliphatic carbocycles. The molecule has 3 N–H and O–H groups in total. The standard InChI is InChI=1S/C18H20N2O2/c1-3-10-19-14-6-5-7-15(12-14)22-16-8-9-18(21)17(13-16)20-11-4-2/h3-9,12-13,19-21H,1-2,10-11H2. The molecule has 0 saturated carbocycles. The molecule has 0 fully saturated rings. The van der Waals surface area contributed by atoms with E-state index < -0.39 is 0 Å². The van der Waals surface area contributed by atoms with Gasteiger partial charge in [0.25, 0.3) is 0 Å². The van der Waals surface area contributed by atoms with Crippen LogP contribution in [0.4, 0.5) is 11.4 Å². The lowest BCUT2D eigenvalue weighted by atomic mass is 10.2. The summed E-state index contributed by atoms with van der Waals surface area (Å²) >= 11 is 0. The first-order valence-corrected chi connectivity index (χ1v) is 7.03. The molecule has 22 heavy (non-hydrogen) atoms. The Bertz CT molecular complexity index is 653. The first-order chi connectivity index (χ1) is 10.7. The van der Waals surface area contributed by atoms with E-state index in [-0.39, 0.29) is 5.75 Å². The monoisotopic (exact) mass is 296 g/mol. The molecular weight excluding hydrogens is 276 g/mol. The molecule has 4 heteroatoms. The van der Waals surface area contributed by atoms with E-state index in [0.717, 1.165) is 11.4 Å². The number of aromatic hydroxyl groups is 1. The number of hydrogen-bond donors (Lipinski definition) is 3. The lowest BCUT2D eigenvalue weighted by Gasteiger charge is -2.11. The van der Waals surface area contributed by atoms with Gasteiger partial charge in [-0.05, 0) is 24.3 Å². The molecule has 4 nitrogen and oxygen atoms in total. The summed E-state index contributed by atoms with van der Waals surface area (Å²) in [5.74, 6) is 1.54. The number of phenols is 1. The highest BCUT2D eigenvalue weighted by molar-refractivity contribution is 5.60. The lowest BCUT2D eigenvalue weighted by molar-refractivity contribution is 0.466. The smallest absolute Gasteiger partial charge is 0.138 e. The van der Waals surface area contributed by atoms with Gasteiger partial charge in [-0.1, -0.05) is 18.2 Å². The summed E-state index contributed by atoms with van der Waals surface area (Å²) in [5.41, 5.74) is 1.57. The third-order valence-corrected chi connectivity index (χ3v) is 2.93. The van der Waals surface area contributed by atoms with Crippen molar-refractivity contribution >= 4 is 11.4 Å². The highest BCUT2D eigenvalue weighted by atomic mass is 16.5. The molecule has 0 saturated heterocycles. The normalized spacial score (nSPS) is 9.82. The summed E-state index contributed by atoms with van der Waals surface area (Å²) in [6.45, 7) is 8.58. The largest absolute Gasteiger partial charge is 0.506 e. The first-order valence-electron chi connectivity index (χ1n) is 7.03. The van der Waals surface area contributed by atoms with Crippen LogP contribution in [0.1, 0.15) is 0 Å². The summed E-state index contributed by atoms with van der Waals surface area (Å²) < 4.78 is 5.83. The zero-order valence-corrected chi connectivity index (χ0v) is 12.4. The van der Waals surface area contributed by atoms with E-state index in [1.807, 2.05) is 24.3 Å². The second-order valence-corrected chi connectivity index (χ2v) is 4.65. The van der Waals surface area contributed by atoms with E-state index in [0.29, 0.717) is 24.5 Å². The van der Waals surface area contributed by atoms with Crippen LogP contribution in [-0.4, -0.2) is 18.2 Å². The SMILES string of the molecule is C=CCNc1cccc(Oc2ccc(O)c(NCC=C)c2)c1. The Morgan fingerprint density at radius 1 is 0.955 bits per heavy atom. The minimum atomic E-state index is 0.176. The molecule has 0 unspecified atom stereocenters. The van der Waals surface area contributed by atoms with Crippen molar-refractivity contribution in [2.24, 2.45) is 0 Å². The fraction of sp³-hybridized carbons (Fsp3) is 0.111. The summed E-state index contributed by atoms with van der Waals surface area (Å²) in [4.78, 5) is 0. The lowest BCUT2D eigenvalue weighted by Crippen LogP contribution is -1.99. The number of phenolic OH excluding ortho intramolecular Hbond substituents is 1. The predicted octanol–water partition coefficient (Wildman–Crippen LogP) is 4.38. The molecule has 0 atom stereocenters. The fourth-order valence-electron chi connectivity index (χ4n) is 1.90. The Morgan fingerprint density at radius 2 is 1.68 bits per heavy atom. The Labute approximate surface area is 130 Å². The van der Waals surface area contributed by atoms with E-state index in [1.54, 1.807) is 30.4 Å². The molecular formula is C18H20N2O2. The van der Waals surface area contributed by atoms with E-state index in [4.69, 9.17) is 4.74 Å². The molecule has 2 rings (SSSR count). The van der Waals surface area contributed by atoms with E-state index >= 15 is 0 Å². The molecule has 0 heterocycles. The molecule has 0 bridgehead atoms. The minimum Gasteiger partial charge on any atom is -0.506 e. The van der Waals surface area contributed by atoms with Crippen molar-refractivity contribution in [3.63, 3.8) is 0 Å². The molecule has 0 aliphatic rings. The van der Waals surface area contributed by atoms with Gasteiger partial charge in [0.2, 0.25) is 0 Å². The Kier molecular flexibility index (Phi) is 5.49. The van der Waals surface area contributed by atoms with Crippen LogP contribution in [0.2, 0.25) is 0 Å².